The van der Waals surface area contributed by atoms with Gasteiger partial charge in [-0.05, 0) is 82.7 Å². The van der Waals surface area contributed by atoms with Crippen LogP contribution in [0.1, 0.15) is 63.5 Å². The highest BCUT2D eigenvalue weighted by atomic mass is 16.5. The molecule has 0 radical (unpaired) electrons. The number of fused-ring (bicyclic) bond motifs is 1. The minimum atomic E-state index is -0.561. The number of primary amides is 1. The second-order valence-electron chi connectivity index (χ2n) is 12.7. The van der Waals surface area contributed by atoms with Crippen molar-refractivity contribution >= 4 is 39.8 Å². The summed E-state index contributed by atoms with van der Waals surface area (Å²) in [5.74, 6) is -0.115. The number of hydrogen-bond donors (Lipinski definition) is 1. The van der Waals surface area contributed by atoms with Crippen molar-refractivity contribution in [2.75, 3.05) is 0 Å². The Labute approximate surface area is 292 Å². The molecule has 2 N–H and O–H groups in total. The summed E-state index contributed by atoms with van der Waals surface area (Å²) in [4.78, 5) is 48.5. The Hall–Kier alpha value is -6.25. The van der Waals surface area contributed by atoms with E-state index in [-0.39, 0.29) is 5.91 Å². The van der Waals surface area contributed by atoms with Gasteiger partial charge in [-0.3, -0.25) is 28.3 Å². The van der Waals surface area contributed by atoms with Crippen LogP contribution in [-0.2, 0) is 40.3 Å². The summed E-state index contributed by atoms with van der Waals surface area (Å²) in [6.07, 6.45) is 0. The number of carbonyl (C=O) groups is 3. The van der Waals surface area contributed by atoms with E-state index in [4.69, 9.17) is 10.5 Å². The molecule has 51 heavy (non-hydrogen) atoms. The molecule has 3 amide bonds. The first-order valence-corrected chi connectivity index (χ1v) is 16.7. The average molecular weight is 690 g/mol. The smallest absolute Gasteiger partial charge is 0.298 e. The molecule has 15 heteroatoms. The lowest BCUT2D eigenvalue weighted by molar-refractivity contribution is 0.0977. The van der Waals surface area contributed by atoms with Gasteiger partial charge in [0.05, 0.1) is 41.0 Å². The van der Waals surface area contributed by atoms with Crippen molar-refractivity contribution in [3.05, 3.63) is 99.4 Å². The molecule has 0 saturated heterocycles. The third kappa shape index (κ3) is 5.59. The summed E-state index contributed by atoms with van der Waals surface area (Å²) < 4.78 is 17.4. The van der Waals surface area contributed by atoms with Gasteiger partial charge in [-0.1, -0.05) is 6.07 Å². The van der Waals surface area contributed by atoms with Crippen LogP contribution in [0.3, 0.4) is 0 Å². The number of aryl methyl sites for hydroxylation is 6. The highest BCUT2D eigenvalue weighted by molar-refractivity contribution is 5.97. The van der Waals surface area contributed by atoms with Crippen LogP contribution in [0.4, 0.5) is 0 Å². The van der Waals surface area contributed by atoms with E-state index in [0.717, 1.165) is 27.8 Å². The molecule has 0 saturated carbocycles. The van der Waals surface area contributed by atoms with Gasteiger partial charge in [0.1, 0.15) is 22.7 Å². The van der Waals surface area contributed by atoms with Crippen LogP contribution in [-0.4, -0.2) is 55.6 Å². The van der Waals surface area contributed by atoms with Crippen LogP contribution >= 0.6 is 0 Å². The fraction of sp³-hybridized carbons (Fsp3) is 0.306. The molecule has 0 spiro atoms. The fourth-order valence-electron chi connectivity index (χ4n) is 6.74. The molecule has 7 rings (SSSR count). The number of allylic oxidation sites excluding steroid dienone is 2. The van der Waals surface area contributed by atoms with Crippen molar-refractivity contribution in [3.63, 3.8) is 0 Å². The second kappa shape index (κ2) is 12.6. The van der Waals surface area contributed by atoms with Crippen molar-refractivity contribution in [1.29, 1.82) is 0 Å². The summed E-state index contributed by atoms with van der Waals surface area (Å²) in [6.45, 7) is 11.1. The number of ether oxygens (including phenoxy) is 1. The van der Waals surface area contributed by atoms with Gasteiger partial charge < -0.3 is 24.2 Å². The van der Waals surface area contributed by atoms with Crippen molar-refractivity contribution in [3.8, 4) is 5.75 Å². The standard InChI is InChI=1S/C36H39N11O4/c1-8-46-27(15-21(4)40-46)33(49)38-35-43(7)26-17-23(32(37)48)13-14-24(26)44(35)18-20(3)30-19-45-31-25(11-10-12-29(31)51-30)42(6)36(45)39-34(50)28-16-22(5)41-47(28)9-2/h10-17H,8-9,18-19H2,1-7H3,(H2,37,48)/b30-20-,38-35+,39-36+. The molecule has 0 atom stereocenters. The molecule has 6 aromatic rings. The SMILES string of the molecule is CCn1nc(C)cc1C(=O)/N=c1\n(C)c2cc(C(N)=O)ccc2n1C/C(C)=C1/Cn2/c(=N/C(=O)c3cc(C)nn3CC)n(C)c3cccc(c32)O1. The molecule has 1 aliphatic heterocycles. The van der Waals surface area contributed by atoms with E-state index in [1.807, 2.05) is 73.6 Å². The highest BCUT2D eigenvalue weighted by Crippen LogP contribution is 2.32. The van der Waals surface area contributed by atoms with Gasteiger partial charge in [0, 0.05) is 32.7 Å². The number of para-hydroxylation sites is 1. The maximum absolute atomic E-state index is 13.7. The van der Waals surface area contributed by atoms with Crippen molar-refractivity contribution in [1.82, 2.24) is 37.8 Å². The zero-order valence-electron chi connectivity index (χ0n) is 29.6. The monoisotopic (exact) mass is 689 g/mol. The number of aromatic nitrogens is 8. The first-order chi connectivity index (χ1) is 24.4. The summed E-state index contributed by atoms with van der Waals surface area (Å²) >= 11 is 0. The Balaban J connectivity index is 1.36. The van der Waals surface area contributed by atoms with Gasteiger partial charge in [-0.25, -0.2) is 0 Å². The quantitative estimate of drug-likeness (QED) is 0.270. The fourth-order valence-corrected chi connectivity index (χ4v) is 6.74. The van der Waals surface area contributed by atoms with Crippen LogP contribution in [0, 0.1) is 13.8 Å². The molecule has 5 heterocycles. The van der Waals surface area contributed by atoms with Gasteiger partial charge in [-0.2, -0.15) is 20.2 Å². The van der Waals surface area contributed by atoms with E-state index >= 15 is 0 Å². The van der Waals surface area contributed by atoms with E-state index in [1.165, 1.54) is 0 Å². The Morgan fingerprint density at radius 2 is 1.43 bits per heavy atom. The number of imidazole rings is 2. The number of nitrogens with zero attached hydrogens (tertiary/aromatic N) is 10. The van der Waals surface area contributed by atoms with Gasteiger partial charge in [0.15, 0.2) is 5.75 Å². The lowest BCUT2D eigenvalue weighted by atomic mass is 10.1. The first-order valence-electron chi connectivity index (χ1n) is 16.7. The minimum absolute atomic E-state index is 0.292. The number of benzene rings is 2. The highest BCUT2D eigenvalue weighted by Gasteiger charge is 2.25. The molecule has 0 bridgehead atoms. The van der Waals surface area contributed by atoms with Crippen molar-refractivity contribution in [2.24, 2.45) is 29.8 Å². The zero-order chi connectivity index (χ0) is 36.3. The average Bonchev–Trinajstić information content (AvgIpc) is 3.84. The molecule has 4 aromatic heterocycles. The van der Waals surface area contributed by atoms with Crippen LogP contribution in [0.2, 0.25) is 0 Å². The molecule has 262 valence electrons. The Kier molecular flexibility index (Phi) is 8.20. The second-order valence-corrected chi connectivity index (χ2v) is 12.7. The maximum atomic E-state index is 13.7. The van der Waals surface area contributed by atoms with Gasteiger partial charge in [0.25, 0.3) is 11.8 Å². The predicted molar refractivity (Wildman–Crippen MR) is 189 cm³/mol. The number of hydrogen-bond acceptors (Lipinski definition) is 6. The largest absolute Gasteiger partial charge is 0.458 e. The van der Waals surface area contributed by atoms with Gasteiger partial charge in [-0.15, -0.1) is 0 Å². The van der Waals surface area contributed by atoms with E-state index < -0.39 is 11.8 Å². The molecule has 0 unspecified atom stereocenters. The van der Waals surface area contributed by atoms with E-state index in [2.05, 4.69) is 20.2 Å². The third-order valence-electron chi connectivity index (χ3n) is 9.25. The van der Waals surface area contributed by atoms with Crippen LogP contribution in [0.25, 0.3) is 22.1 Å². The maximum Gasteiger partial charge on any atom is 0.298 e. The van der Waals surface area contributed by atoms with Crippen LogP contribution in [0.15, 0.2) is 69.8 Å². The zero-order valence-corrected chi connectivity index (χ0v) is 29.6. The Bertz CT molecular complexity index is 2620. The predicted octanol–water partition coefficient (Wildman–Crippen LogP) is 3.27. The third-order valence-corrected chi connectivity index (χ3v) is 9.25. The number of rotatable bonds is 7. The summed E-state index contributed by atoms with van der Waals surface area (Å²) in [5.41, 5.74) is 13.0. The Morgan fingerprint density at radius 3 is 2.04 bits per heavy atom. The lowest BCUT2D eigenvalue weighted by Gasteiger charge is -2.21. The van der Waals surface area contributed by atoms with Crippen molar-refractivity contribution < 1.29 is 19.1 Å². The molecule has 2 aromatic carbocycles. The number of nitrogens with two attached hydrogens (primary N) is 1. The molecule has 1 aliphatic rings. The van der Waals surface area contributed by atoms with E-state index in [9.17, 15) is 14.4 Å². The number of carbonyl (C=O) groups excluding carboxylic acids is 3. The first kappa shape index (κ1) is 33.3. The molecule has 0 fully saturated rings. The van der Waals surface area contributed by atoms with Crippen molar-refractivity contribution in [2.45, 2.75) is 60.8 Å². The van der Waals surface area contributed by atoms with E-state index in [0.29, 0.717) is 77.1 Å². The summed E-state index contributed by atoms with van der Waals surface area (Å²) in [7, 11) is 3.67. The summed E-state index contributed by atoms with van der Waals surface area (Å²) in [6, 6.07) is 14.4. The van der Waals surface area contributed by atoms with Gasteiger partial charge in [0.2, 0.25) is 17.1 Å². The normalized spacial score (nSPS) is 14.5. The topological polar surface area (TPSA) is 167 Å². The molecule has 0 aliphatic carbocycles. The van der Waals surface area contributed by atoms with Gasteiger partial charge >= 0.3 is 0 Å². The molecular weight excluding hydrogens is 650 g/mol. The van der Waals surface area contributed by atoms with Crippen LogP contribution < -0.4 is 21.7 Å². The minimum Gasteiger partial charge on any atom is -0.458 e. The molecular formula is C36H39N11O4. The van der Waals surface area contributed by atoms with Crippen LogP contribution in [0.5, 0.6) is 5.75 Å². The molecule has 15 nitrogen and oxygen atoms in total. The van der Waals surface area contributed by atoms with E-state index in [1.54, 1.807) is 51.3 Å². The Morgan fingerprint density at radius 1 is 0.824 bits per heavy atom. The summed E-state index contributed by atoms with van der Waals surface area (Å²) in [5, 5.41) is 8.84. The number of amides is 3. The lowest BCUT2D eigenvalue weighted by Crippen LogP contribution is -2.30.